The van der Waals surface area contributed by atoms with Crippen LogP contribution in [0.25, 0.3) is 0 Å². The van der Waals surface area contributed by atoms with Gasteiger partial charge < -0.3 is 16.2 Å². The van der Waals surface area contributed by atoms with Crippen molar-refractivity contribution in [2.24, 2.45) is 11.5 Å². The summed E-state index contributed by atoms with van der Waals surface area (Å²) in [5.41, 5.74) is 15.5. The first-order chi connectivity index (χ1) is 8.24. The zero-order valence-corrected chi connectivity index (χ0v) is 12.2. The first kappa shape index (κ1) is 15.0. The normalized spacial score (nSPS) is 13.5. The van der Waals surface area contributed by atoms with Crippen LogP contribution in [-0.4, -0.2) is 12.6 Å². The summed E-state index contributed by atoms with van der Waals surface area (Å²) < 4.78 is 5.36. The molecule has 0 aliphatic carbocycles. The first-order valence-electron chi connectivity index (χ1n) is 6.44. The lowest BCUT2D eigenvalue weighted by Crippen LogP contribution is -2.32. The zero-order chi connectivity index (χ0) is 13.9. The van der Waals surface area contributed by atoms with E-state index in [1.54, 1.807) is 7.11 Å². The fourth-order valence-corrected chi connectivity index (χ4v) is 2.21. The molecule has 0 bridgehead atoms. The van der Waals surface area contributed by atoms with Gasteiger partial charge in [-0.25, -0.2) is 0 Å². The number of aryl methyl sites for hydroxylation is 2. The van der Waals surface area contributed by atoms with Crippen LogP contribution in [0.4, 0.5) is 0 Å². The Morgan fingerprint density at radius 1 is 1.22 bits per heavy atom. The minimum atomic E-state index is -0.159. The van der Waals surface area contributed by atoms with Crippen LogP contribution in [0.2, 0.25) is 0 Å². The Hall–Kier alpha value is -1.06. The van der Waals surface area contributed by atoms with Crippen LogP contribution in [0.1, 0.15) is 49.4 Å². The summed E-state index contributed by atoms with van der Waals surface area (Å²) in [6, 6.07) is 4.26. The van der Waals surface area contributed by atoms with Crippen LogP contribution in [0.3, 0.4) is 0 Å². The van der Waals surface area contributed by atoms with Crippen LogP contribution in [0.15, 0.2) is 12.1 Å². The molecule has 102 valence electrons. The molecule has 0 fully saturated rings. The molecular weight excluding hydrogens is 224 g/mol. The maximum atomic E-state index is 6.24. The Morgan fingerprint density at radius 2 is 1.72 bits per heavy atom. The molecule has 0 spiro atoms. The van der Waals surface area contributed by atoms with E-state index in [0.29, 0.717) is 0 Å². The number of nitrogens with two attached hydrogens (primary N) is 2. The van der Waals surface area contributed by atoms with E-state index < -0.39 is 0 Å². The SMILES string of the molecule is COc1c(C)cc(C(N)CCC(C)(C)N)cc1C. The van der Waals surface area contributed by atoms with Gasteiger partial charge in [-0.05, 0) is 57.2 Å². The molecule has 1 aromatic carbocycles. The Kier molecular flexibility index (Phi) is 4.77. The van der Waals surface area contributed by atoms with E-state index in [9.17, 15) is 0 Å². The number of hydrogen-bond donors (Lipinski definition) is 2. The van der Waals surface area contributed by atoms with E-state index in [2.05, 4.69) is 26.0 Å². The summed E-state index contributed by atoms with van der Waals surface area (Å²) in [7, 11) is 1.70. The van der Waals surface area contributed by atoms with Crippen molar-refractivity contribution >= 4 is 0 Å². The smallest absolute Gasteiger partial charge is 0.124 e. The van der Waals surface area contributed by atoms with Gasteiger partial charge in [0.2, 0.25) is 0 Å². The Bertz CT molecular complexity index is 384. The molecule has 0 heterocycles. The van der Waals surface area contributed by atoms with Crippen molar-refractivity contribution in [2.75, 3.05) is 7.11 Å². The van der Waals surface area contributed by atoms with Gasteiger partial charge in [0.05, 0.1) is 7.11 Å². The van der Waals surface area contributed by atoms with Gasteiger partial charge in [0.15, 0.2) is 0 Å². The molecule has 0 saturated heterocycles. The number of hydrogen-bond acceptors (Lipinski definition) is 3. The van der Waals surface area contributed by atoms with Crippen LogP contribution in [-0.2, 0) is 0 Å². The fourth-order valence-electron chi connectivity index (χ4n) is 2.21. The van der Waals surface area contributed by atoms with Gasteiger partial charge in [0.25, 0.3) is 0 Å². The highest BCUT2D eigenvalue weighted by molar-refractivity contribution is 5.44. The average Bonchev–Trinajstić information content (AvgIpc) is 2.24. The van der Waals surface area contributed by atoms with Gasteiger partial charge in [0, 0.05) is 11.6 Å². The minimum Gasteiger partial charge on any atom is -0.496 e. The number of benzene rings is 1. The molecule has 3 heteroatoms. The van der Waals surface area contributed by atoms with Crippen molar-refractivity contribution in [3.63, 3.8) is 0 Å². The molecule has 1 atom stereocenters. The van der Waals surface area contributed by atoms with Gasteiger partial charge in [-0.15, -0.1) is 0 Å². The second-order valence-electron chi connectivity index (χ2n) is 5.82. The van der Waals surface area contributed by atoms with Crippen LogP contribution in [0, 0.1) is 13.8 Å². The Morgan fingerprint density at radius 3 is 2.11 bits per heavy atom. The van der Waals surface area contributed by atoms with Crippen LogP contribution < -0.4 is 16.2 Å². The molecular formula is C15H26N2O. The maximum absolute atomic E-state index is 6.24. The van der Waals surface area contributed by atoms with Gasteiger partial charge >= 0.3 is 0 Å². The number of ether oxygens (including phenoxy) is 1. The monoisotopic (exact) mass is 250 g/mol. The van der Waals surface area contributed by atoms with Gasteiger partial charge in [-0.2, -0.15) is 0 Å². The largest absolute Gasteiger partial charge is 0.496 e. The molecule has 4 N–H and O–H groups in total. The Balaban J connectivity index is 2.84. The van der Waals surface area contributed by atoms with E-state index in [0.717, 1.165) is 35.3 Å². The van der Waals surface area contributed by atoms with Crippen molar-refractivity contribution in [1.29, 1.82) is 0 Å². The molecule has 1 aromatic rings. The third kappa shape index (κ3) is 4.00. The highest BCUT2D eigenvalue weighted by atomic mass is 16.5. The summed E-state index contributed by atoms with van der Waals surface area (Å²) in [5.74, 6) is 0.949. The van der Waals surface area contributed by atoms with Crippen molar-refractivity contribution in [3.8, 4) is 5.75 Å². The topological polar surface area (TPSA) is 61.3 Å². The van der Waals surface area contributed by atoms with Crippen molar-refractivity contribution in [1.82, 2.24) is 0 Å². The molecule has 0 saturated carbocycles. The number of methoxy groups -OCH3 is 1. The lowest BCUT2D eigenvalue weighted by atomic mass is 9.92. The summed E-state index contributed by atoms with van der Waals surface area (Å²) in [6.45, 7) is 8.17. The quantitative estimate of drug-likeness (QED) is 0.844. The minimum absolute atomic E-state index is 0.0381. The summed E-state index contributed by atoms with van der Waals surface area (Å²) in [6.07, 6.45) is 1.81. The number of rotatable bonds is 5. The predicted octanol–water partition coefficient (Wildman–Crippen LogP) is 2.83. The molecule has 18 heavy (non-hydrogen) atoms. The van der Waals surface area contributed by atoms with E-state index >= 15 is 0 Å². The van der Waals surface area contributed by atoms with E-state index in [4.69, 9.17) is 16.2 Å². The zero-order valence-electron chi connectivity index (χ0n) is 12.2. The van der Waals surface area contributed by atoms with Crippen molar-refractivity contribution in [3.05, 3.63) is 28.8 Å². The lowest BCUT2D eigenvalue weighted by molar-refractivity contribution is 0.407. The van der Waals surface area contributed by atoms with Crippen LogP contribution in [0.5, 0.6) is 5.75 Å². The third-order valence-electron chi connectivity index (χ3n) is 3.21. The lowest BCUT2D eigenvalue weighted by Gasteiger charge is -2.22. The van der Waals surface area contributed by atoms with Gasteiger partial charge in [0.1, 0.15) is 5.75 Å². The Labute approximate surface area is 111 Å². The third-order valence-corrected chi connectivity index (χ3v) is 3.21. The second-order valence-corrected chi connectivity index (χ2v) is 5.82. The molecule has 3 nitrogen and oxygen atoms in total. The molecule has 0 aliphatic rings. The van der Waals surface area contributed by atoms with Crippen molar-refractivity contribution in [2.45, 2.75) is 52.1 Å². The fraction of sp³-hybridized carbons (Fsp3) is 0.600. The molecule has 0 aromatic heterocycles. The molecule has 0 aliphatic heterocycles. The standard InChI is InChI=1S/C15H26N2O/c1-10-8-12(9-11(2)14(10)18-5)13(16)6-7-15(3,4)17/h8-9,13H,6-7,16-17H2,1-5H3. The summed E-state index contributed by atoms with van der Waals surface area (Å²) in [5, 5.41) is 0. The van der Waals surface area contributed by atoms with Gasteiger partial charge in [-0.3, -0.25) is 0 Å². The van der Waals surface area contributed by atoms with E-state index in [1.807, 2.05) is 13.8 Å². The average molecular weight is 250 g/mol. The second kappa shape index (κ2) is 5.72. The highest BCUT2D eigenvalue weighted by Gasteiger charge is 2.15. The first-order valence-corrected chi connectivity index (χ1v) is 6.44. The molecule has 1 rings (SSSR count). The summed E-state index contributed by atoms with van der Waals surface area (Å²) >= 11 is 0. The molecule has 0 amide bonds. The predicted molar refractivity (Wildman–Crippen MR) is 76.9 cm³/mol. The molecule has 1 unspecified atom stereocenters. The van der Waals surface area contributed by atoms with Gasteiger partial charge in [-0.1, -0.05) is 12.1 Å². The van der Waals surface area contributed by atoms with Crippen molar-refractivity contribution < 1.29 is 4.74 Å². The summed E-state index contributed by atoms with van der Waals surface area (Å²) in [4.78, 5) is 0. The van der Waals surface area contributed by atoms with Crippen LogP contribution >= 0.6 is 0 Å². The highest BCUT2D eigenvalue weighted by Crippen LogP contribution is 2.28. The maximum Gasteiger partial charge on any atom is 0.124 e. The van der Waals surface area contributed by atoms with E-state index in [1.165, 1.54) is 0 Å². The van der Waals surface area contributed by atoms with E-state index in [-0.39, 0.29) is 11.6 Å². The molecule has 0 radical (unpaired) electrons.